The van der Waals surface area contributed by atoms with E-state index in [0.717, 1.165) is 40.9 Å². The molecular formula is C13H17N3O. The highest BCUT2D eigenvalue weighted by Gasteiger charge is 2.08. The van der Waals surface area contributed by atoms with E-state index < -0.39 is 0 Å². The molecule has 2 aromatic rings. The van der Waals surface area contributed by atoms with Gasteiger partial charge in [0, 0.05) is 5.39 Å². The maximum absolute atomic E-state index is 5.52. The van der Waals surface area contributed by atoms with Gasteiger partial charge in [-0.1, -0.05) is 25.5 Å². The monoisotopic (exact) mass is 231 g/mol. The molecule has 1 heterocycles. The number of rotatable bonds is 4. The Bertz CT molecular complexity index is 525. The lowest BCUT2D eigenvalue weighted by molar-refractivity contribution is 0.419. The molecule has 1 aromatic heterocycles. The Morgan fingerprint density at radius 3 is 2.88 bits per heavy atom. The lowest BCUT2D eigenvalue weighted by Gasteiger charge is -2.11. The van der Waals surface area contributed by atoms with Crippen molar-refractivity contribution in [2.75, 3.05) is 12.5 Å². The van der Waals surface area contributed by atoms with E-state index in [-0.39, 0.29) is 0 Å². The number of para-hydroxylation sites is 1. The number of nitrogen functional groups attached to an aromatic ring is 1. The van der Waals surface area contributed by atoms with E-state index in [1.54, 1.807) is 7.11 Å². The summed E-state index contributed by atoms with van der Waals surface area (Å²) in [6.45, 7) is 2.12. The van der Waals surface area contributed by atoms with E-state index in [1.807, 2.05) is 24.3 Å². The van der Waals surface area contributed by atoms with Gasteiger partial charge in [-0.05, 0) is 18.6 Å². The van der Waals surface area contributed by atoms with Crippen molar-refractivity contribution in [3.05, 3.63) is 30.0 Å². The molecule has 0 saturated carbocycles. The summed E-state index contributed by atoms with van der Waals surface area (Å²) < 4.78 is 5.32. The smallest absolute Gasteiger partial charge is 0.145 e. The Morgan fingerprint density at radius 2 is 2.24 bits per heavy atom. The molecule has 0 radical (unpaired) electrons. The molecule has 0 bridgehead atoms. The highest BCUT2D eigenvalue weighted by Crippen LogP contribution is 2.27. The number of hydrazine groups is 1. The minimum absolute atomic E-state index is 0.795. The summed E-state index contributed by atoms with van der Waals surface area (Å²) in [6, 6.07) is 7.88. The molecule has 17 heavy (non-hydrogen) atoms. The number of pyridine rings is 1. The second-order valence-corrected chi connectivity index (χ2v) is 3.91. The third-order valence-electron chi connectivity index (χ3n) is 2.75. The molecular weight excluding hydrogens is 214 g/mol. The van der Waals surface area contributed by atoms with Crippen molar-refractivity contribution in [3.8, 4) is 5.75 Å². The lowest BCUT2D eigenvalue weighted by atomic mass is 10.1. The largest absolute Gasteiger partial charge is 0.494 e. The molecule has 0 saturated heterocycles. The Morgan fingerprint density at radius 1 is 1.41 bits per heavy atom. The van der Waals surface area contributed by atoms with E-state index in [0.29, 0.717) is 0 Å². The van der Waals surface area contributed by atoms with Crippen molar-refractivity contribution in [1.82, 2.24) is 4.98 Å². The average Bonchev–Trinajstić information content (AvgIpc) is 2.37. The molecule has 4 heteroatoms. The van der Waals surface area contributed by atoms with Crippen LogP contribution in [0.2, 0.25) is 0 Å². The fraction of sp³-hybridized carbons (Fsp3) is 0.308. The van der Waals surface area contributed by atoms with Crippen LogP contribution < -0.4 is 16.0 Å². The number of nitrogens with two attached hydrogens (primary N) is 1. The van der Waals surface area contributed by atoms with Crippen molar-refractivity contribution in [1.29, 1.82) is 0 Å². The first kappa shape index (κ1) is 11.7. The zero-order valence-electron chi connectivity index (χ0n) is 10.2. The predicted molar refractivity (Wildman–Crippen MR) is 70.1 cm³/mol. The number of hydrogen-bond acceptors (Lipinski definition) is 4. The standard InChI is InChI=1S/C13H17N3O/c1-3-5-10-11(16-14)8-9-6-4-7-12(17-2)13(9)15-10/h4,6-8,16H,3,5,14H2,1-2H3. The minimum atomic E-state index is 0.795. The van der Waals surface area contributed by atoms with Crippen LogP contribution >= 0.6 is 0 Å². The number of nitrogens with zero attached hydrogens (tertiary/aromatic N) is 1. The highest BCUT2D eigenvalue weighted by atomic mass is 16.5. The molecule has 0 amide bonds. The summed E-state index contributed by atoms with van der Waals surface area (Å²) in [5.74, 6) is 6.32. The van der Waals surface area contributed by atoms with Crippen molar-refractivity contribution < 1.29 is 4.74 Å². The van der Waals surface area contributed by atoms with Crippen LogP contribution in [0, 0.1) is 0 Å². The third kappa shape index (κ3) is 2.17. The van der Waals surface area contributed by atoms with Crippen LogP contribution in [0.15, 0.2) is 24.3 Å². The Hall–Kier alpha value is -1.81. The molecule has 0 aliphatic carbocycles. The molecule has 90 valence electrons. The molecule has 1 aromatic carbocycles. The first-order valence-electron chi connectivity index (χ1n) is 5.73. The van der Waals surface area contributed by atoms with Gasteiger partial charge >= 0.3 is 0 Å². The Labute approximate surface area is 101 Å². The number of hydrogen-bond donors (Lipinski definition) is 2. The predicted octanol–water partition coefficient (Wildman–Crippen LogP) is 2.48. The van der Waals surface area contributed by atoms with Crippen LogP contribution in [0.1, 0.15) is 19.0 Å². The van der Waals surface area contributed by atoms with E-state index in [2.05, 4.69) is 17.3 Å². The Kier molecular flexibility index (Phi) is 3.44. The molecule has 0 atom stereocenters. The van der Waals surface area contributed by atoms with Gasteiger partial charge in [0.1, 0.15) is 11.3 Å². The fourth-order valence-corrected chi connectivity index (χ4v) is 1.93. The van der Waals surface area contributed by atoms with Gasteiger partial charge in [0.05, 0.1) is 18.5 Å². The molecule has 0 aliphatic heterocycles. The van der Waals surface area contributed by atoms with Gasteiger partial charge in [-0.3, -0.25) is 5.84 Å². The summed E-state index contributed by atoms with van der Waals surface area (Å²) in [4.78, 5) is 4.64. The van der Waals surface area contributed by atoms with Crippen LogP contribution in [-0.4, -0.2) is 12.1 Å². The summed E-state index contributed by atoms with van der Waals surface area (Å²) in [7, 11) is 1.66. The van der Waals surface area contributed by atoms with Gasteiger partial charge in [-0.15, -0.1) is 0 Å². The van der Waals surface area contributed by atoms with Crippen molar-refractivity contribution >= 4 is 16.6 Å². The zero-order chi connectivity index (χ0) is 12.3. The van der Waals surface area contributed by atoms with E-state index in [4.69, 9.17) is 10.6 Å². The highest BCUT2D eigenvalue weighted by molar-refractivity contribution is 5.87. The van der Waals surface area contributed by atoms with Gasteiger partial charge in [0.15, 0.2) is 0 Å². The lowest BCUT2D eigenvalue weighted by Crippen LogP contribution is -2.10. The van der Waals surface area contributed by atoms with Crippen molar-refractivity contribution in [2.24, 2.45) is 5.84 Å². The number of aryl methyl sites for hydroxylation is 1. The van der Waals surface area contributed by atoms with Crippen LogP contribution in [-0.2, 0) is 6.42 Å². The first-order chi connectivity index (χ1) is 8.30. The van der Waals surface area contributed by atoms with E-state index in [9.17, 15) is 0 Å². The van der Waals surface area contributed by atoms with Gasteiger partial charge in [-0.25, -0.2) is 4.98 Å². The maximum atomic E-state index is 5.52. The SMILES string of the molecule is CCCc1nc2c(OC)cccc2cc1NN. The van der Waals surface area contributed by atoms with Crippen LogP contribution in [0.25, 0.3) is 10.9 Å². The van der Waals surface area contributed by atoms with Gasteiger partial charge < -0.3 is 10.2 Å². The molecule has 0 spiro atoms. The number of nitrogens with one attached hydrogen (secondary N) is 1. The normalized spacial score (nSPS) is 10.5. The van der Waals surface area contributed by atoms with Gasteiger partial charge in [-0.2, -0.15) is 0 Å². The second kappa shape index (κ2) is 5.01. The minimum Gasteiger partial charge on any atom is -0.494 e. The summed E-state index contributed by atoms with van der Waals surface area (Å²) in [5, 5.41) is 1.03. The van der Waals surface area contributed by atoms with Gasteiger partial charge in [0.2, 0.25) is 0 Å². The van der Waals surface area contributed by atoms with Crippen molar-refractivity contribution in [3.63, 3.8) is 0 Å². The molecule has 0 aliphatic rings. The summed E-state index contributed by atoms with van der Waals surface area (Å²) in [5.41, 5.74) is 5.45. The number of methoxy groups -OCH3 is 1. The number of benzene rings is 1. The summed E-state index contributed by atoms with van der Waals surface area (Å²) in [6.07, 6.45) is 1.93. The van der Waals surface area contributed by atoms with Crippen LogP contribution in [0.4, 0.5) is 5.69 Å². The quantitative estimate of drug-likeness (QED) is 0.627. The third-order valence-corrected chi connectivity index (χ3v) is 2.75. The zero-order valence-corrected chi connectivity index (χ0v) is 10.2. The fourth-order valence-electron chi connectivity index (χ4n) is 1.93. The van der Waals surface area contributed by atoms with Crippen molar-refractivity contribution in [2.45, 2.75) is 19.8 Å². The molecule has 3 N–H and O–H groups in total. The number of anilines is 1. The molecule has 2 rings (SSSR count). The van der Waals surface area contributed by atoms with E-state index >= 15 is 0 Å². The molecule has 0 fully saturated rings. The topological polar surface area (TPSA) is 60.2 Å². The second-order valence-electron chi connectivity index (χ2n) is 3.91. The first-order valence-corrected chi connectivity index (χ1v) is 5.73. The maximum Gasteiger partial charge on any atom is 0.145 e. The van der Waals surface area contributed by atoms with Crippen LogP contribution in [0.5, 0.6) is 5.75 Å². The number of aromatic nitrogens is 1. The number of fused-ring (bicyclic) bond motifs is 1. The van der Waals surface area contributed by atoms with Crippen LogP contribution in [0.3, 0.4) is 0 Å². The number of ether oxygens (including phenoxy) is 1. The molecule has 4 nitrogen and oxygen atoms in total. The Balaban J connectivity index is 2.65. The van der Waals surface area contributed by atoms with E-state index in [1.165, 1.54) is 0 Å². The molecule has 0 unspecified atom stereocenters. The average molecular weight is 231 g/mol. The van der Waals surface area contributed by atoms with Gasteiger partial charge in [0.25, 0.3) is 0 Å². The summed E-state index contributed by atoms with van der Waals surface area (Å²) >= 11 is 0.